The molecule has 1 fully saturated rings. The molecule has 2 aliphatic rings. The number of nitrogens with zero attached hydrogens (tertiary/aromatic N) is 4. The Balaban J connectivity index is 1.60. The highest BCUT2D eigenvalue weighted by Crippen LogP contribution is 2.16. The van der Waals surface area contributed by atoms with Crippen molar-refractivity contribution in [2.45, 2.75) is 33.3 Å². The summed E-state index contributed by atoms with van der Waals surface area (Å²) >= 11 is 0. The van der Waals surface area contributed by atoms with Gasteiger partial charge >= 0.3 is 6.09 Å². The maximum atomic E-state index is 12.9. The molecule has 156 valence electrons. The quantitative estimate of drug-likeness (QED) is 0.807. The van der Waals surface area contributed by atoms with E-state index in [0.29, 0.717) is 31.9 Å². The smallest absolute Gasteiger partial charge is 0.410 e. The van der Waals surface area contributed by atoms with Crippen LogP contribution in [0.25, 0.3) is 0 Å². The van der Waals surface area contributed by atoms with Crippen molar-refractivity contribution in [2.75, 3.05) is 37.7 Å². The van der Waals surface area contributed by atoms with E-state index in [1.54, 1.807) is 9.80 Å². The number of amides is 3. The third kappa shape index (κ3) is 5.04. The maximum Gasteiger partial charge on any atom is 0.410 e. The molecule has 0 unspecified atom stereocenters. The number of anilines is 1. The molecule has 1 aromatic rings. The fourth-order valence-corrected chi connectivity index (χ4v) is 3.01. The van der Waals surface area contributed by atoms with Crippen LogP contribution in [0.5, 0.6) is 0 Å². The third-order valence-electron chi connectivity index (χ3n) is 4.55. The van der Waals surface area contributed by atoms with Crippen molar-refractivity contribution in [1.29, 1.82) is 0 Å². The predicted octanol–water partition coefficient (Wildman–Crippen LogP) is 1.32. The molecule has 0 aliphatic carbocycles. The predicted molar refractivity (Wildman–Crippen MR) is 108 cm³/mol. The van der Waals surface area contributed by atoms with Gasteiger partial charge in [-0.3, -0.25) is 20.0 Å². The number of rotatable bonds is 2. The molecule has 0 atom stereocenters. The topological polar surface area (TPSA) is 94.6 Å². The Hall–Kier alpha value is -3.10. The van der Waals surface area contributed by atoms with E-state index in [4.69, 9.17) is 4.74 Å². The van der Waals surface area contributed by atoms with Crippen LogP contribution in [0.3, 0.4) is 0 Å². The van der Waals surface area contributed by atoms with Crippen molar-refractivity contribution < 1.29 is 19.1 Å². The summed E-state index contributed by atoms with van der Waals surface area (Å²) in [5.74, 6) is -0.408. The fourth-order valence-electron chi connectivity index (χ4n) is 3.01. The molecular weight excluding hydrogens is 374 g/mol. The number of hydrogen-bond donors (Lipinski definition) is 1. The van der Waals surface area contributed by atoms with E-state index < -0.39 is 5.60 Å². The van der Waals surface area contributed by atoms with Gasteiger partial charge in [-0.2, -0.15) is 0 Å². The van der Waals surface area contributed by atoms with Crippen molar-refractivity contribution in [3.8, 4) is 0 Å². The Bertz CT molecular complexity index is 820. The van der Waals surface area contributed by atoms with E-state index in [-0.39, 0.29) is 30.3 Å². The number of hydrazine groups is 1. The van der Waals surface area contributed by atoms with Crippen molar-refractivity contribution in [2.24, 2.45) is 4.99 Å². The number of ether oxygens (including phenoxy) is 1. The summed E-state index contributed by atoms with van der Waals surface area (Å²) in [5.41, 5.74) is 4.00. The lowest BCUT2D eigenvalue weighted by Crippen LogP contribution is -2.59. The molecule has 0 saturated carbocycles. The molecule has 3 amide bonds. The van der Waals surface area contributed by atoms with Gasteiger partial charge in [-0.1, -0.05) is 17.7 Å². The number of carbonyl (C=O) groups is 3. The average Bonchev–Trinajstić information content (AvgIpc) is 2.67. The maximum absolute atomic E-state index is 12.9. The van der Waals surface area contributed by atoms with Crippen LogP contribution in [0.1, 0.15) is 26.3 Å². The highest BCUT2D eigenvalue weighted by atomic mass is 16.6. The Kier molecular flexibility index (Phi) is 5.76. The molecule has 0 aromatic heterocycles. The molecule has 2 heterocycles. The molecule has 2 aliphatic heterocycles. The molecule has 1 saturated heterocycles. The van der Waals surface area contributed by atoms with E-state index in [1.165, 1.54) is 5.01 Å². The number of carbonyl (C=O) groups excluding carboxylic acids is 3. The van der Waals surface area contributed by atoms with Crippen LogP contribution in [0, 0.1) is 6.92 Å². The normalized spacial score (nSPS) is 17.6. The first-order valence-corrected chi connectivity index (χ1v) is 9.62. The second-order valence-corrected chi connectivity index (χ2v) is 8.10. The molecule has 3 rings (SSSR count). The summed E-state index contributed by atoms with van der Waals surface area (Å²) < 4.78 is 5.38. The SMILES string of the molecule is Cc1ccc(N2NC(C(=O)N3CCN(C(=O)OC(C)(C)C)CC3)=NCC2=O)cc1. The Morgan fingerprint density at radius 3 is 2.21 bits per heavy atom. The van der Waals surface area contributed by atoms with Crippen LogP contribution >= 0.6 is 0 Å². The van der Waals surface area contributed by atoms with Gasteiger partial charge in [-0.25, -0.2) is 9.80 Å². The third-order valence-corrected chi connectivity index (χ3v) is 4.55. The summed E-state index contributed by atoms with van der Waals surface area (Å²) in [7, 11) is 0. The van der Waals surface area contributed by atoms with Crippen LogP contribution in [0.4, 0.5) is 10.5 Å². The summed E-state index contributed by atoms with van der Waals surface area (Å²) in [6.45, 7) is 8.83. The Labute approximate surface area is 170 Å². The minimum absolute atomic E-state index is 0.0974. The summed E-state index contributed by atoms with van der Waals surface area (Å²) in [6, 6.07) is 7.42. The minimum Gasteiger partial charge on any atom is -0.444 e. The molecule has 9 nitrogen and oxygen atoms in total. The van der Waals surface area contributed by atoms with Gasteiger partial charge in [-0.15, -0.1) is 0 Å². The lowest BCUT2D eigenvalue weighted by molar-refractivity contribution is -0.126. The lowest BCUT2D eigenvalue weighted by Gasteiger charge is -2.36. The summed E-state index contributed by atoms with van der Waals surface area (Å²) in [6.07, 6.45) is -0.381. The van der Waals surface area contributed by atoms with Crippen LogP contribution in [0.15, 0.2) is 29.3 Å². The van der Waals surface area contributed by atoms with Gasteiger partial charge in [0.05, 0.1) is 5.69 Å². The van der Waals surface area contributed by atoms with Crippen LogP contribution < -0.4 is 10.4 Å². The molecular formula is C20H27N5O4. The zero-order valence-corrected chi connectivity index (χ0v) is 17.3. The van der Waals surface area contributed by atoms with Crippen LogP contribution in [0.2, 0.25) is 0 Å². The zero-order valence-electron chi connectivity index (χ0n) is 17.3. The molecule has 0 bridgehead atoms. The Morgan fingerprint density at radius 2 is 1.62 bits per heavy atom. The van der Waals surface area contributed by atoms with Crippen molar-refractivity contribution >= 4 is 29.4 Å². The van der Waals surface area contributed by atoms with Gasteiger partial charge in [0.1, 0.15) is 12.1 Å². The van der Waals surface area contributed by atoms with Gasteiger partial charge < -0.3 is 14.5 Å². The highest BCUT2D eigenvalue weighted by molar-refractivity contribution is 6.39. The number of aryl methyl sites for hydroxylation is 1. The molecule has 1 aromatic carbocycles. The second-order valence-electron chi connectivity index (χ2n) is 8.10. The fraction of sp³-hybridized carbons (Fsp3) is 0.500. The minimum atomic E-state index is -0.559. The monoisotopic (exact) mass is 401 g/mol. The largest absolute Gasteiger partial charge is 0.444 e. The Morgan fingerprint density at radius 1 is 1.03 bits per heavy atom. The van der Waals surface area contributed by atoms with E-state index >= 15 is 0 Å². The number of benzene rings is 1. The van der Waals surface area contributed by atoms with Gasteiger partial charge in [0.25, 0.3) is 11.8 Å². The average molecular weight is 401 g/mol. The van der Waals surface area contributed by atoms with Gasteiger partial charge in [0, 0.05) is 26.2 Å². The van der Waals surface area contributed by atoms with Gasteiger partial charge in [-0.05, 0) is 39.8 Å². The second kappa shape index (κ2) is 8.10. The van der Waals surface area contributed by atoms with Crippen molar-refractivity contribution in [3.05, 3.63) is 29.8 Å². The molecule has 0 spiro atoms. The number of nitrogens with one attached hydrogen (secondary N) is 1. The van der Waals surface area contributed by atoms with E-state index in [1.807, 2.05) is 52.0 Å². The summed E-state index contributed by atoms with van der Waals surface area (Å²) in [4.78, 5) is 44.6. The first kappa shape index (κ1) is 20.6. The van der Waals surface area contributed by atoms with Crippen LogP contribution in [-0.2, 0) is 14.3 Å². The van der Waals surface area contributed by atoms with Crippen molar-refractivity contribution in [1.82, 2.24) is 15.2 Å². The van der Waals surface area contributed by atoms with Gasteiger partial charge in [0.15, 0.2) is 0 Å². The lowest BCUT2D eigenvalue weighted by atomic mass is 10.2. The van der Waals surface area contributed by atoms with Crippen LogP contribution in [-0.4, -0.2) is 71.9 Å². The molecule has 29 heavy (non-hydrogen) atoms. The number of aliphatic imine (C=N–C) groups is 1. The first-order chi connectivity index (χ1) is 13.6. The number of amidine groups is 1. The molecule has 1 N–H and O–H groups in total. The summed E-state index contributed by atoms with van der Waals surface area (Å²) in [5, 5.41) is 1.34. The van der Waals surface area contributed by atoms with E-state index in [0.717, 1.165) is 5.56 Å². The number of hydrogen-bond acceptors (Lipinski definition) is 6. The van der Waals surface area contributed by atoms with E-state index in [2.05, 4.69) is 10.4 Å². The standard InChI is InChI=1S/C20H27N5O4/c1-14-5-7-15(8-6-14)25-16(26)13-21-17(22-25)18(27)23-9-11-24(12-10-23)19(28)29-20(2,3)4/h5-8H,9-13H2,1-4H3,(H,21,22). The van der Waals surface area contributed by atoms with Crippen molar-refractivity contribution in [3.63, 3.8) is 0 Å². The first-order valence-electron chi connectivity index (χ1n) is 9.62. The van der Waals surface area contributed by atoms with E-state index in [9.17, 15) is 14.4 Å². The molecule has 9 heteroatoms. The zero-order chi connectivity index (χ0) is 21.2. The molecule has 0 radical (unpaired) electrons. The number of piperazine rings is 1. The highest BCUT2D eigenvalue weighted by Gasteiger charge is 2.32. The van der Waals surface area contributed by atoms with Gasteiger partial charge in [0.2, 0.25) is 5.84 Å².